The van der Waals surface area contributed by atoms with Crippen LogP contribution in [0.15, 0.2) is 0 Å². The van der Waals surface area contributed by atoms with E-state index >= 15 is 0 Å². The molecule has 2 nitrogen and oxygen atoms in total. The minimum atomic E-state index is 0.777. The second kappa shape index (κ2) is 6.58. The minimum Gasteiger partial charge on any atom is -0.310 e. The summed E-state index contributed by atoms with van der Waals surface area (Å²) < 4.78 is 0. The van der Waals surface area contributed by atoms with Crippen LogP contribution < -0.4 is 5.32 Å². The molecule has 0 aromatic carbocycles. The van der Waals surface area contributed by atoms with Gasteiger partial charge in [-0.1, -0.05) is 26.2 Å². The summed E-state index contributed by atoms with van der Waals surface area (Å²) in [7, 11) is 0. The third-order valence-corrected chi connectivity index (χ3v) is 5.91. The lowest BCUT2D eigenvalue weighted by atomic mass is 9.77. The van der Waals surface area contributed by atoms with Gasteiger partial charge >= 0.3 is 0 Å². The third kappa shape index (κ3) is 3.52. The number of hydrogen-bond donors (Lipinski definition) is 1. The van der Waals surface area contributed by atoms with E-state index in [0.717, 1.165) is 23.9 Å². The zero-order chi connectivity index (χ0) is 13.1. The van der Waals surface area contributed by atoms with Crippen molar-refractivity contribution >= 4 is 0 Å². The van der Waals surface area contributed by atoms with E-state index in [1.165, 1.54) is 77.4 Å². The predicted octanol–water partition coefficient (Wildman–Crippen LogP) is 3.42. The summed E-state index contributed by atoms with van der Waals surface area (Å²) in [5.74, 6) is 2.03. The molecule has 0 bridgehead atoms. The van der Waals surface area contributed by atoms with Crippen molar-refractivity contribution in [3.8, 4) is 0 Å². The topological polar surface area (TPSA) is 15.3 Å². The van der Waals surface area contributed by atoms with Crippen molar-refractivity contribution in [2.75, 3.05) is 19.6 Å². The Hall–Kier alpha value is -0.0800. The predicted molar refractivity (Wildman–Crippen MR) is 81.4 cm³/mol. The number of rotatable bonds is 5. The number of nitrogens with zero attached hydrogens (tertiary/aromatic N) is 1. The Balaban J connectivity index is 1.45. The van der Waals surface area contributed by atoms with Crippen LogP contribution in [-0.4, -0.2) is 36.6 Å². The van der Waals surface area contributed by atoms with Gasteiger partial charge in [0.15, 0.2) is 0 Å². The summed E-state index contributed by atoms with van der Waals surface area (Å²) in [4.78, 5) is 2.71. The van der Waals surface area contributed by atoms with Crippen molar-refractivity contribution in [1.29, 1.82) is 0 Å². The van der Waals surface area contributed by atoms with Crippen LogP contribution in [0.1, 0.15) is 64.7 Å². The zero-order valence-electron chi connectivity index (χ0n) is 12.7. The molecule has 3 fully saturated rings. The molecule has 0 aromatic rings. The molecule has 1 N–H and O–H groups in total. The van der Waals surface area contributed by atoms with Gasteiger partial charge in [0.05, 0.1) is 0 Å². The second-order valence-corrected chi connectivity index (χ2v) is 7.24. The molecule has 0 amide bonds. The van der Waals surface area contributed by atoms with Gasteiger partial charge in [0.25, 0.3) is 0 Å². The Morgan fingerprint density at radius 2 is 1.74 bits per heavy atom. The number of nitrogens with one attached hydrogen (secondary N) is 1. The van der Waals surface area contributed by atoms with Gasteiger partial charge in [0.2, 0.25) is 0 Å². The highest BCUT2D eigenvalue weighted by atomic mass is 15.2. The van der Waals surface area contributed by atoms with Crippen LogP contribution in [0.3, 0.4) is 0 Å². The average molecular weight is 264 g/mol. The van der Waals surface area contributed by atoms with Gasteiger partial charge in [-0.25, -0.2) is 0 Å². The number of hydrogen-bond acceptors (Lipinski definition) is 2. The highest BCUT2D eigenvalue weighted by Gasteiger charge is 2.32. The van der Waals surface area contributed by atoms with E-state index in [4.69, 9.17) is 0 Å². The maximum Gasteiger partial charge on any atom is 0.0197 e. The van der Waals surface area contributed by atoms with Gasteiger partial charge < -0.3 is 10.2 Å². The van der Waals surface area contributed by atoms with Gasteiger partial charge in [-0.15, -0.1) is 0 Å². The summed E-state index contributed by atoms with van der Waals surface area (Å²) in [6.45, 7) is 6.24. The highest BCUT2D eigenvalue weighted by molar-refractivity contribution is 4.90. The quantitative estimate of drug-likeness (QED) is 0.818. The first kappa shape index (κ1) is 13.9. The van der Waals surface area contributed by atoms with Gasteiger partial charge in [0.1, 0.15) is 0 Å². The Kier molecular flexibility index (Phi) is 4.81. The maximum absolute atomic E-state index is 3.99. The SMILES string of the molecule is CCN(CC1CCC1)CC1CCC2CCCCC2N1. The monoisotopic (exact) mass is 264 g/mol. The molecule has 1 aliphatic heterocycles. The number of piperidine rings is 1. The first-order chi connectivity index (χ1) is 9.35. The van der Waals surface area contributed by atoms with Gasteiger partial charge in [-0.3, -0.25) is 0 Å². The largest absolute Gasteiger partial charge is 0.310 e. The van der Waals surface area contributed by atoms with E-state index in [-0.39, 0.29) is 0 Å². The van der Waals surface area contributed by atoms with E-state index in [0.29, 0.717) is 0 Å². The summed E-state index contributed by atoms with van der Waals surface area (Å²) in [5.41, 5.74) is 0. The van der Waals surface area contributed by atoms with E-state index in [9.17, 15) is 0 Å². The van der Waals surface area contributed by atoms with Crippen molar-refractivity contribution in [3.63, 3.8) is 0 Å². The van der Waals surface area contributed by atoms with Crippen LogP contribution in [-0.2, 0) is 0 Å². The maximum atomic E-state index is 3.99. The molecule has 0 spiro atoms. The Morgan fingerprint density at radius 1 is 0.895 bits per heavy atom. The number of likely N-dealkylation sites (N-methyl/N-ethyl adjacent to an activating group) is 1. The Bertz CT molecular complexity index is 274. The molecule has 2 heteroatoms. The molecular weight excluding hydrogens is 232 g/mol. The molecule has 0 aromatic heterocycles. The zero-order valence-corrected chi connectivity index (χ0v) is 12.7. The molecule has 2 saturated carbocycles. The summed E-state index contributed by atoms with van der Waals surface area (Å²) in [6, 6.07) is 1.63. The van der Waals surface area contributed by atoms with Crippen LogP contribution >= 0.6 is 0 Å². The highest BCUT2D eigenvalue weighted by Crippen LogP contribution is 2.32. The lowest BCUT2D eigenvalue weighted by molar-refractivity contribution is 0.125. The van der Waals surface area contributed by atoms with Gasteiger partial charge in [0, 0.05) is 25.2 Å². The molecule has 3 rings (SSSR count). The van der Waals surface area contributed by atoms with E-state index in [1.807, 2.05) is 0 Å². The van der Waals surface area contributed by atoms with Crippen molar-refractivity contribution in [3.05, 3.63) is 0 Å². The Morgan fingerprint density at radius 3 is 2.47 bits per heavy atom. The van der Waals surface area contributed by atoms with Crippen LogP contribution in [0.25, 0.3) is 0 Å². The molecule has 2 aliphatic carbocycles. The first-order valence-corrected chi connectivity index (χ1v) is 8.83. The van der Waals surface area contributed by atoms with Crippen molar-refractivity contribution < 1.29 is 0 Å². The fraction of sp³-hybridized carbons (Fsp3) is 1.00. The fourth-order valence-corrected chi connectivity index (χ4v) is 4.40. The molecule has 0 radical (unpaired) electrons. The second-order valence-electron chi connectivity index (χ2n) is 7.24. The molecular formula is C17H32N2. The van der Waals surface area contributed by atoms with Crippen LogP contribution in [0.5, 0.6) is 0 Å². The normalized spacial score (nSPS) is 36.0. The van der Waals surface area contributed by atoms with Gasteiger partial charge in [-0.2, -0.15) is 0 Å². The van der Waals surface area contributed by atoms with Gasteiger partial charge in [-0.05, 0) is 56.9 Å². The summed E-state index contributed by atoms with van der Waals surface area (Å²) >= 11 is 0. The minimum absolute atomic E-state index is 0.777. The van der Waals surface area contributed by atoms with E-state index < -0.39 is 0 Å². The molecule has 3 unspecified atom stereocenters. The van der Waals surface area contributed by atoms with Crippen molar-refractivity contribution in [1.82, 2.24) is 10.2 Å². The molecule has 1 saturated heterocycles. The fourth-order valence-electron chi connectivity index (χ4n) is 4.40. The summed E-state index contributed by atoms with van der Waals surface area (Å²) in [6.07, 6.45) is 13.2. The lowest BCUT2D eigenvalue weighted by Crippen LogP contribution is -2.53. The van der Waals surface area contributed by atoms with Crippen molar-refractivity contribution in [2.45, 2.75) is 76.8 Å². The number of fused-ring (bicyclic) bond motifs is 1. The standard InChI is InChI=1S/C17H32N2/c1-2-19(12-14-6-5-7-14)13-16-11-10-15-8-3-4-9-17(15)18-16/h14-18H,2-13H2,1H3. The first-order valence-electron chi connectivity index (χ1n) is 8.83. The molecule has 3 aliphatic rings. The summed E-state index contributed by atoms with van der Waals surface area (Å²) in [5, 5.41) is 3.99. The average Bonchev–Trinajstić information content (AvgIpc) is 2.41. The molecule has 3 atom stereocenters. The van der Waals surface area contributed by atoms with Crippen LogP contribution in [0.4, 0.5) is 0 Å². The molecule has 1 heterocycles. The molecule has 110 valence electrons. The van der Waals surface area contributed by atoms with Crippen LogP contribution in [0.2, 0.25) is 0 Å². The van der Waals surface area contributed by atoms with E-state index in [1.54, 1.807) is 0 Å². The lowest BCUT2D eigenvalue weighted by Gasteiger charge is -2.42. The van der Waals surface area contributed by atoms with Crippen molar-refractivity contribution in [2.24, 2.45) is 11.8 Å². The Labute approximate surface area is 119 Å². The van der Waals surface area contributed by atoms with Crippen LogP contribution in [0, 0.1) is 11.8 Å². The van der Waals surface area contributed by atoms with E-state index in [2.05, 4.69) is 17.1 Å². The third-order valence-electron chi connectivity index (χ3n) is 5.91. The molecule has 19 heavy (non-hydrogen) atoms. The smallest absolute Gasteiger partial charge is 0.0197 e.